The average Bonchev–Trinajstić information content (AvgIpc) is 3.01. The molecule has 0 unspecified atom stereocenters. The van der Waals surface area contributed by atoms with Gasteiger partial charge in [0.1, 0.15) is 0 Å². The number of rotatable bonds is 3. The van der Waals surface area contributed by atoms with Crippen LogP contribution in [0.1, 0.15) is 24.8 Å². The number of pyridine rings is 1. The van der Waals surface area contributed by atoms with Crippen LogP contribution in [0.25, 0.3) is 10.9 Å². The minimum absolute atomic E-state index is 0.201. The highest BCUT2D eigenvalue weighted by atomic mass is 35.5. The SMILES string of the molecule is O[C@@H]1CCC[C@H]1[C@@H]1COCCN1Cc1cc(Cl)cc2cccnc12. The molecule has 2 heterocycles. The highest BCUT2D eigenvalue weighted by Crippen LogP contribution is 2.33. The standard InChI is InChI=1S/C19H23ClN2O2/c20-15-9-13-3-2-6-21-19(13)14(10-15)11-22-7-8-24-12-17(22)16-4-1-5-18(16)23/h2-3,6,9-10,16-18,23H,1,4-5,7-8,11-12H2/t16-,17-,18+/m0/s1. The minimum Gasteiger partial charge on any atom is -0.393 e. The fraction of sp³-hybridized carbons (Fsp3) is 0.526. The summed E-state index contributed by atoms with van der Waals surface area (Å²) in [5, 5.41) is 12.1. The summed E-state index contributed by atoms with van der Waals surface area (Å²) < 4.78 is 5.73. The molecule has 128 valence electrons. The number of nitrogens with zero attached hydrogens (tertiary/aromatic N) is 2. The van der Waals surface area contributed by atoms with Gasteiger partial charge in [-0.15, -0.1) is 0 Å². The molecule has 0 spiro atoms. The van der Waals surface area contributed by atoms with Crippen molar-refractivity contribution in [3.05, 3.63) is 41.0 Å². The lowest BCUT2D eigenvalue weighted by atomic mass is 9.93. The molecule has 2 aliphatic rings. The molecule has 0 radical (unpaired) electrons. The highest BCUT2D eigenvalue weighted by Gasteiger charge is 2.37. The molecule has 1 saturated heterocycles. The van der Waals surface area contributed by atoms with Gasteiger partial charge in [-0.3, -0.25) is 9.88 Å². The first-order valence-electron chi connectivity index (χ1n) is 8.75. The predicted octanol–water partition coefficient (Wildman–Crippen LogP) is 3.25. The fourth-order valence-electron chi connectivity index (χ4n) is 4.23. The summed E-state index contributed by atoms with van der Waals surface area (Å²) in [7, 11) is 0. The van der Waals surface area contributed by atoms with E-state index in [1.165, 1.54) is 0 Å². The summed E-state index contributed by atoms with van der Waals surface area (Å²) in [5.41, 5.74) is 2.16. The maximum Gasteiger partial charge on any atom is 0.0747 e. The predicted molar refractivity (Wildman–Crippen MR) is 95.1 cm³/mol. The number of fused-ring (bicyclic) bond motifs is 1. The Morgan fingerprint density at radius 1 is 1.33 bits per heavy atom. The van der Waals surface area contributed by atoms with Crippen molar-refractivity contribution in [2.75, 3.05) is 19.8 Å². The molecule has 5 heteroatoms. The van der Waals surface area contributed by atoms with Crippen molar-refractivity contribution in [3.63, 3.8) is 0 Å². The van der Waals surface area contributed by atoms with E-state index in [2.05, 4.69) is 16.0 Å². The van der Waals surface area contributed by atoms with Gasteiger partial charge < -0.3 is 9.84 Å². The topological polar surface area (TPSA) is 45.6 Å². The number of aliphatic hydroxyl groups excluding tert-OH is 1. The molecule has 2 aromatic rings. The molecule has 1 aromatic heterocycles. The zero-order valence-electron chi connectivity index (χ0n) is 13.7. The van der Waals surface area contributed by atoms with Crippen molar-refractivity contribution < 1.29 is 9.84 Å². The second kappa shape index (κ2) is 6.96. The van der Waals surface area contributed by atoms with E-state index in [1.807, 2.05) is 24.4 Å². The van der Waals surface area contributed by atoms with Crippen molar-refractivity contribution in [3.8, 4) is 0 Å². The molecule has 1 aliphatic carbocycles. The van der Waals surface area contributed by atoms with E-state index >= 15 is 0 Å². The Bertz CT molecular complexity index is 724. The minimum atomic E-state index is -0.201. The summed E-state index contributed by atoms with van der Waals surface area (Å²) in [4.78, 5) is 7.01. The summed E-state index contributed by atoms with van der Waals surface area (Å²) in [5.74, 6) is 0.309. The number of halogens is 1. The van der Waals surface area contributed by atoms with Crippen molar-refractivity contribution in [2.24, 2.45) is 5.92 Å². The Hall–Kier alpha value is -1.20. The Balaban J connectivity index is 1.63. The van der Waals surface area contributed by atoms with Gasteiger partial charge in [-0.25, -0.2) is 0 Å². The molecule has 4 rings (SSSR count). The van der Waals surface area contributed by atoms with Crippen LogP contribution in [0.2, 0.25) is 5.02 Å². The van der Waals surface area contributed by atoms with Gasteiger partial charge >= 0.3 is 0 Å². The van der Waals surface area contributed by atoms with Crippen LogP contribution in [0.15, 0.2) is 30.5 Å². The van der Waals surface area contributed by atoms with Gasteiger partial charge in [0.05, 0.1) is 24.8 Å². The number of hydrogen-bond donors (Lipinski definition) is 1. The molecule has 1 saturated carbocycles. The van der Waals surface area contributed by atoms with E-state index in [-0.39, 0.29) is 12.1 Å². The third-order valence-corrected chi connectivity index (χ3v) is 5.65. The number of morpholine rings is 1. The zero-order valence-corrected chi connectivity index (χ0v) is 14.5. The molecule has 0 bridgehead atoms. The summed E-state index contributed by atoms with van der Waals surface area (Å²) in [6.07, 6.45) is 4.74. The smallest absolute Gasteiger partial charge is 0.0747 e. The highest BCUT2D eigenvalue weighted by molar-refractivity contribution is 6.31. The number of benzene rings is 1. The van der Waals surface area contributed by atoms with Gasteiger partial charge in [-0.1, -0.05) is 24.1 Å². The Morgan fingerprint density at radius 3 is 3.08 bits per heavy atom. The fourth-order valence-corrected chi connectivity index (χ4v) is 4.48. The van der Waals surface area contributed by atoms with Crippen LogP contribution in [0.3, 0.4) is 0 Å². The normalized spacial score (nSPS) is 28.5. The monoisotopic (exact) mass is 346 g/mol. The van der Waals surface area contributed by atoms with Crippen LogP contribution >= 0.6 is 11.6 Å². The maximum atomic E-state index is 10.3. The molecule has 1 aromatic carbocycles. The molecule has 4 nitrogen and oxygen atoms in total. The van der Waals surface area contributed by atoms with Crippen LogP contribution < -0.4 is 0 Å². The van der Waals surface area contributed by atoms with Crippen molar-refractivity contribution in [1.82, 2.24) is 9.88 Å². The molecular formula is C19H23ClN2O2. The summed E-state index contributed by atoms with van der Waals surface area (Å²) >= 11 is 6.32. The molecule has 24 heavy (non-hydrogen) atoms. The van der Waals surface area contributed by atoms with Crippen LogP contribution in [0.5, 0.6) is 0 Å². The Morgan fingerprint density at radius 2 is 2.25 bits per heavy atom. The third-order valence-electron chi connectivity index (χ3n) is 5.43. The molecule has 3 atom stereocenters. The second-order valence-electron chi connectivity index (χ2n) is 6.91. The van der Waals surface area contributed by atoms with Gasteiger partial charge in [-0.2, -0.15) is 0 Å². The summed E-state index contributed by atoms with van der Waals surface area (Å²) in [6.45, 7) is 3.12. The molecule has 2 fully saturated rings. The van der Waals surface area contributed by atoms with Gasteiger partial charge in [0.15, 0.2) is 0 Å². The van der Waals surface area contributed by atoms with E-state index in [1.54, 1.807) is 0 Å². The summed E-state index contributed by atoms with van der Waals surface area (Å²) in [6, 6.07) is 8.25. The molecule has 1 aliphatic heterocycles. The number of ether oxygens (including phenoxy) is 1. The number of aromatic nitrogens is 1. The van der Waals surface area contributed by atoms with Gasteiger partial charge in [0.2, 0.25) is 0 Å². The quantitative estimate of drug-likeness (QED) is 0.926. The first-order chi connectivity index (χ1) is 11.7. The van der Waals surface area contributed by atoms with Crippen LogP contribution in [-0.4, -0.2) is 46.9 Å². The van der Waals surface area contributed by atoms with E-state index in [4.69, 9.17) is 16.3 Å². The number of aliphatic hydroxyl groups is 1. The van der Waals surface area contributed by atoms with E-state index in [0.29, 0.717) is 12.5 Å². The Kier molecular flexibility index (Phi) is 4.72. The van der Waals surface area contributed by atoms with E-state index in [0.717, 1.165) is 60.4 Å². The largest absolute Gasteiger partial charge is 0.393 e. The zero-order chi connectivity index (χ0) is 16.5. The number of hydrogen-bond acceptors (Lipinski definition) is 4. The Labute approximate surface area is 147 Å². The lowest BCUT2D eigenvalue weighted by Crippen LogP contribution is -2.50. The van der Waals surface area contributed by atoms with Crippen LogP contribution in [0.4, 0.5) is 0 Å². The van der Waals surface area contributed by atoms with Crippen LogP contribution in [0, 0.1) is 5.92 Å². The molecule has 1 N–H and O–H groups in total. The van der Waals surface area contributed by atoms with Gasteiger partial charge in [-0.05, 0) is 36.6 Å². The first-order valence-corrected chi connectivity index (χ1v) is 9.13. The van der Waals surface area contributed by atoms with Crippen LogP contribution in [-0.2, 0) is 11.3 Å². The maximum absolute atomic E-state index is 10.3. The van der Waals surface area contributed by atoms with Gasteiger partial charge in [0.25, 0.3) is 0 Å². The van der Waals surface area contributed by atoms with Crippen molar-refractivity contribution in [1.29, 1.82) is 0 Å². The lowest BCUT2D eigenvalue weighted by molar-refractivity contribution is -0.0535. The van der Waals surface area contributed by atoms with Crippen molar-refractivity contribution in [2.45, 2.75) is 38.0 Å². The molecular weight excluding hydrogens is 324 g/mol. The van der Waals surface area contributed by atoms with E-state index in [9.17, 15) is 5.11 Å². The van der Waals surface area contributed by atoms with E-state index < -0.39 is 0 Å². The van der Waals surface area contributed by atoms with Crippen molar-refractivity contribution >= 4 is 22.5 Å². The van der Waals surface area contributed by atoms with Gasteiger partial charge in [0, 0.05) is 41.7 Å². The molecule has 0 amide bonds. The third kappa shape index (κ3) is 3.16. The first kappa shape index (κ1) is 16.3. The second-order valence-corrected chi connectivity index (χ2v) is 7.35. The lowest BCUT2D eigenvalue weighted by Gasteiger charge is -2.40. The average molecular weight is 347 g/mol.